The van der Waals surface area contributed by atoms with E-state index in [1.807, 2.05) is 17.7 Å². The first-order valence-corrected chi connectivity index (χ1v) is 5.81. The molecule has 0 saturated carbocycles. The molecule has 2 aromatic heterocycles. The maximum atomic E-state index is 13.1. The molecule has 0 radical (unpaired) electrons. The second-order valence-corrected chi connectivity index (χ2v) is 3.99. The van der Waals surface area contributed by atoms with Crippen LogP contribution in [0.4, 0.5) is 4.39 Å². The summed E-state index contributed by atoms with van der Waals surface area (Å²) in [6.07, 6.45) is 7.02. The molecule has 0 aliphatic rings. The highest BCUT2D eigenvalue weighted by Crippen LogP contribution is 2.16. The number of nitrogens with zero attached hydrogens (tertiary/aromatic N) is 3. The van der Waals surface area contributed by atoms with Gasteiger partial charge < -0.3 is 4.57 Å². The first-order valence-electron chi connectivity index (χ1n) is 5.81. The normalized spacial score (nSPS) is 12.6. The first-order chi connectivity index (χ1) is 8.74. The van der Waals surface area contributed by atoms with Crippen molar-refractivity contribution < 1.29 is 4.39 Å². The number of pyridine rings is 1. The van der Waals surface area contributed by atoms with Crippen LogP contribution >= 0.6 is 0 Å². The van der Waals surface area contributed by atoms with Crippen LogP contribution in [0.1, 0.15) is 24.4 Å². The summed E-state index contributed by atoms with van der Waals surface area (Å²) < 4.78 is 15.2. The molecule has 1 atom stereocenters. The highest BCUT2D eigenvalue weighted by molar-refractivity contribution is 5.16. The summed E-state index contributed by atoms with van der Waals surface area (Å²) in [6.45, 7) is 2.88. The van der Waals surface area contributed by atoms with Crippen LogP contribution in [-0.2, 0) is 13.0 Å². The third kappa shape index (κ3) is 2.72. The number of hydrogen-bond acceptors (Lipinski definition) is 4. The maximum absolute atomic E-state index is 13.1. The van der Waals surface area contributed by atoms with Crippen LogP contribution in [0.25, 0.3) is 0 Å². The molecule has 5 nitrogen and oxygen atoms in total. The number of hydrogen-bond donors (Lipinski definition) is 2. The van der Waals surface area contributed by atoms with Crippen LogP contribution < -0.4 is 11.3 Å². The van der Waals surface area contributed by atoms with E-state index in [0.29, 0.717) is 12.0 Å². The zero-order valence-corrected chi connectivity index (χ0v) is 10.2. The monoisotopic (exact) mass is 249 g/mol. The molecule has 0 spiro atoms. The van der Waals surface area contributed by atoms with Crippen LogP contribution in [0.5, 0.6) is 0 Å². The third-order valence-electron chi connectivity index (χ3n) is 2.86. The number of aromatic nitrogens is 3. The van der Waals surface area contributed by atoms with Crippen LogP contribution in [0.2, 0.25) is 0 Å². The minimum atomic E-state index is -0.369. The predicted octanol–water partition coefficient (Wildman–Crippen LogP) is 1.18. The zero-order valence-electron chi connectivity index (χ0n) is 10.2. The van der Waals surface area contributed by atoms with Gasteiger partial charge in [-0.05, 0) is 18.6 Å². The van der Waals surface area contributed by atoms with Crippen LogP contribution in [-0.4, -0.2) is 14.5 Å². The highest BCUT2D eigenvalue weighted by Gasteiger charge is 2.14. The molecule has 3 N–H and O–H groups in total. The van der Waals surface area contributed by atoms with Gasteiger partial charge in [0.1, 0.15) is 11.6 Å². The van der Waals surface area contributed by atoms with Crippen LogP contribution in [0, 0.1) is 5.82 Å². The third-order valence-corrected chi connectivity index (χ3v) is 2.86. The zero-order chi connectivity index (χ0) is 13.0. The topological polar surface area (TPSA) is 68.8 Å². The van der Waals surface area contributed by atoms with Crippen molar-refractivity contribution in [1.82, 2.24) is 20.0 Å². The van der Waals surface area contributed by atoms with Crippen molar-refractivity contribution in [3.8, 4) is 0 Å². The minimum Gasteiger partial charge on any atom is -0.335 e. The Bertz CT molecular complexity index is 511. The van der Waals surface area contributed by atoms with E-state index < -0.39 is 0 Å². The van der Waals surface area contributed by atoms with Gasteiger partial charge in [0.05, 0.1) is 12.2 Å². The second kappa shape index (κ2) is 5.70. The molecule has 0 aliphatic heterocycles. The first kappa shape index (κ1) is 12.7. The molecular weight excluding hydrogens is 233 g/mol. The molecule has 2 rings (SSSR count). The summed E-state index contributed by atoms with van der Waals surface area (Å²) in [5.41, 5.74) is 3.39. The van der Waals surface area contributed by atoms with Crippen molar-refractivity contribution in [2.45, 2.75) is 25.9 Å². The van der Waals surface area contributed by atoms with E-state index in [9.17, 15) is 4.39 Å². The van der Waals surface area contributed by atoms with Gasteiger partial charge in [-0.3, -0.25) is 16.3 Å². The fourth-order valence-corrected chi connectivity index (χ4v) is 1.89. The quantitative estimate of drug-likeness (QED) is 0.617. The number of aryl methyl sites for hydroxylation is 1. The van der Waals surface area contributed by atoms with Gasteiger partial charge in [0.2, 0.25) is 0 Å². The number of imidazole rings is 1. The smallest absolute Gasteiger partial charge is 0.141 e. The Hall–Kier alpha value is -1.79. The van der Waals surface area contributed by atoms with E-state index in [1.165, 1.54) is 12.3 Å². The Balaban J connectivity index is 2.20. The number of nitrogens with one attached hydrogen (secondary N) is 1. The Morgan fingerprint density at radius 3 is 3.00 bits per heavy atom. The van der Waals surface area contributed by atoms with E-state index in [-0.39, 0.29) is 11.9 Å². The summed E-state index contributed by atoms with van der Waals surface area (Å²) >= 11 is 0. The number of rotatable bonds is 5. The van der Waals surface area contributed by atoms with Gasteiger partial charge in [0.25, 0.3) is 0 Å². The summed E-state index contributed by atoms with van der Waals surface area (Å²) in [7, 11) is 0. The molecule has 96 valence electrons. The number of halogens is 1. The average Bonchev–Trinajstić information content (AvgIpc) is 2.83. The van der Waals surface area contributed by atoms with E-state index >= 15 is 0 Å². The summed E-state index contributed by atoms with van der Waals surface area (Å²) in [5, 5.41) is 0. The molecule has 6 heteroatoms. The Morgan fingerprint density at radius 1 is 1.50 bits per heavy atom. The molecule has 0 fully saturated rings. The SMILES string of the molecule is CCn1ccnc1CC(NN)c1cncc(F)c1. The van der Waals surface area contributed by atoms with E-state index in [4.69, 9.17) is 5.84 Å². The van der Waals surface area contributed by atoms with Gasteiger partial charge in [0, 0.05) is 31.6 Å². The summed E-state index contributed by atoms with van der Waals surface area (Å²) in [4.78, 5) is 8.10. The Kier molecular flexibility index (Phi) is 4.01. The van der Waals surface area contributed by atoms with Crippen molar-refractivity contribution in [2.75, 3.05) is 0 Å². The molecule has 0 bridgehead atoms. The molecule has 0 aromatic carbocycles. The van der Waals surface area contributed by atoms with Crippen LogP contribution in [0.3, 0.4) is 0 Å². The van der Waals surface area contributed by atoms with Gasteiger partial charge in [-0.1, -0.05) is 0 Å². The molecule has 0 aliphatic carbocycles. The molecule has 1 unspecified atom stereocenters. The number of hydrazine groups is 1. The van der Waals surface area contributed by atoms with Crippen molar-refractivity contribution in [3.63, 3.8) is 0 Å². The lowest BCUT2D eigenvalue weighted by molar-refractivity contribution is 0.516. The largest absolute Gasteiger partial charge is 0.335 e. The van der Waals surface area contributed by atoms with Gasteiger partial charge >= 0.3 is 0 Å². The van der Waals surface area contributed by atoms with Crippen LogP contribution in [0.15, 0.2) is 30.9 Å². The highest BCUT2D eigenvalue weighted by atomic mass is 19.1. The Morgan fingerprint density at radius 2 is 2.33 bits per heavy atom. The van der Waals surface area contributed by atoms with Crippen molar-refractivity contribution in [2.24, 2.45) is 5.84 Å². The molecule has 0 saturated heterocycles. The maximum Gasteiger partial charge on any atom is 0.141 e. The lowest BCUT2D eigenvalue weighted by Gasteiger charge is -2.16. The summed E-state index contributed by atoms with van der Waals surface area (Å²) in [5.74, 6) is 6.06. The predicted molar refractivity (Wildman–Crippen MR) is 65.9 cm³/mol. The minimum absolute atomic E-state index is 0.208. The standard InChI is InChI=1S/C12H16FN5/c1-2-18-4-3-16-12(18)6-11(17-14)9-5-10(13)8-15-7-9/h3-5,7-8,11,17H,2,6,14H2,1H3. The van der Waals surface area contributed by atoms with Crippen molar-refractivity contribution in [1.29, 1.82) is 0 Å². The summed E-state index contributed by atoms with van der Waals surface area (Å²) in [6, 6.07) is 1.22. The van der Waals surface area contributed by atoms with Crippen molar-refractivity contribution >= 4 is 0 Å². The van der Waals surface area contributed by atoms with Gasteiger partial charge in [-0.15, -0.1) is 0 Å². The molecule has 18 heavy (non-hydrogen) atoms. The lowest BCUT2D eigenvalue weighted by atomic mass is 10.1. The fourth-order valence-electron chi connectivity index (χ4n) is 1.89. The molecule has 0 amide bonds. The lowest BCUT2D eigenvalue weighted by Crippen LogP contribution is -2.30. The van der Waals surface area contributed by atoms with E-state index in [2.05, 4.69) is 15.4 Å². The van der Waals surface area contributed by atoms with Gasteiger partial charge in [-0.2, -0.15) is 0 Å². The fraction of sp³-hybridized carbons (Fsp3) is 0.333. The average molecular weight is 249 g/mol. The molecule has 2 aromatic rings. The number of nitrogens with two attached hydrogens (primary N) is 1. The molecular formula is C12H16FN5. The second-order valence-electron chi connectivity index (χ2n) is 3.99. The molecule has 2 heterocycles. The van der Waals surface area contributed by atoms with Crippen molar-refractivity contribution in [3.05, 3.63) is 48.1 Å². The van der Waals surface area contributed by atoms with E-state index in [1.54, 1.807) is 12.4 Å². The van der Waals surface area contributed by atoms with E-state index in [0.717, 1.165) is 12.4 Å². The van der Waals surface area contributed by atoms with Gasteiger partial charge in [-0.25, -0.2) is 9.37 Å². The van der Waals surface area contributed by atoms with Gasteiger partial charge in [0.15, 0.2) is 0 Å². The Labute approximate surface area is 105 Å².